The minimum atomic E-state index is -3.70. The first-order chi connectivity index (χ1) is 13.4. The Morgan fingerprint density at radius 2 is 1.64 bits per heavy atom. The third-order valence-corrected chi connectivity index (χ3v) is 7.18. The molecule has 0 N–H and O–H groups in total. The van der Waals surface area contributed by atoms with Gasteiger partial charge in [-0.15, -0.1) is 0 Å². The molecule has 6 heteroatoms. The molecule has 0 radical (unpaired) electrons. The summed E-state index contributed by atoms with van der Waals surface area (Å²) >= 11 is 0. The Morgan fingerprint density at radius 1 is 1.04 bits per heavy atom. The fraction of sp³-hybridized carbons (Fsp3) is 0.318. The Labute approximate surface area is 165 Å². The lowest BCUT2D eigenvalue weighted by Gasteiger charge is -2.41. The number of rotatable bonds is 6. The average Bonchev–Trinajstić information content (AvgIpc) is 2.74. The van der Waals surface area contributed by atoms with E-state index >= 15 is 0 Å². The molecule has 0 aliphatic carbocycles. The van der Waals surface area contributed by atoms with E-state index in [1.54, 1.807) is 6.08 Å². The van der Waals surface area contributed by atoms with E-state index < -0.39 is 19.0 Å². The minimum absolute atomic E-state index is 0.0625. The van der Waals surface area contributed by atoms with Crippen molar-refractivity contribution in [2.75, 3.05) is 14.2 Å². The van der Waals surface area contributed by atoms with E-state index in [2.05, 4.69) is 0 Å². The smallest absolute Gasteiger partial charge is 0.395 e. The van der Waals surface area contributed by atoms with Crippen molar-refractivity contribution in [2.24, 2.45) is 0 Å². The van der Waals surface area contributed by atoms with Crippen LogP contribution in [0.25, 0.3) is 0 Å². The molecule has 0 saturated heterocycles. The first-order valence-corrected chi connectivity index (χ1v) is 10.7. The van der Waals surface area contributed by atoms with Crippen molar-refractivity contribution in [3.05, 3.63) is 82.9 Å². The Kier molecular flexibility index (Phi) is 5.90. The van der Waals surface area contributed by atoms with Crippen LogP contribution in [0.3, 0.4) is 0 Å². The number of aryl methyl sites for hydroxylation is 1. The normalized spacial score (nSPS) is 22.5. The van der Waals surface area contributed by atoms with Crippen LogP contribution in [0.15, 0.2) is 66.2 Å². The van der Waals surface area contributed by atoms with Crippen molar-refractivity contribution in [1.29, 1.82) is 0 Å². The van der Waals surface area contributed by atoms with Gasteiger partial charge >= 0.3 is 13.6 Å². The number of allylic oxidation sites excluding steroid dienone is 1. The van der Waals surface area contributed by atoms with Gasteiger partial charge in [0.2, 0.25) is 5.50 Å². The highest BCUT2D eigenvalue weighted by Gasteiger charge is 2.52. The summed E-state index contributed by atoms with van der Waals surface area (Å²) in [6.45, 7) is 3.96. The Morgan fingerprint density at radius 3 is 2.18 bits per heavy atom. The van der Waals surface area contributed by atoms with Crippen LogP contribution < -0.4 is 0 Å². The Hall–Kier alpha value is -2.20. The summed E-state index contributed by atoms with van der Waals surface area (Å²) in [5, 5.41) is 0. The molecule has 0 unspecified atom stereocenters. The first-order valence-electron chi connectivity index (χ1n) is 9.19. The summed E-state index contributed by atoms with van der Waals surface area (Å²) in [7, 11) is -1.15. The molecule has 148 valence electrons. The van der Waals surface area contributed by atoms with E-state index in [0.717, 1.165) is 16.7 Å². The average molecular weight is 400 g/mol. The zero-order valence-electron chi connectivity index (χ0n) is 16.5. The van der Waals surface area contributed by atoms with Crippen LogP contribution >= 0.6 is 7.60 Å². The van der Waals surface area contributed by atoms with Gasteiger partial charge in [0.15, 0.2) is 0 Å². The third kappa shape index (κ3) is 3.35. The quantitative estimate of drug-likeness (QED) is 0.486. The molecule has 0 saturated carbocycles. The number of benzene rings is 2. The lowest BCUT2D eigenvalue weighted by molar-refractivity contribution is -0.148. The van der Waals surface area contributed by atoms with Crippen molar-refractivity contribution in [3.8, 4) is 0 Å². The number of cyclic esters (lactones) is 1. The third-order valence-electron chi connectivity index (χ3n) is 5.44. The van der Waals surface area contributed by atoms with E-state index in [-0.39, 0.29) is 11.4 Å². The van der Waals surface area contributed by atoms with E-state index in [1.165, 1.54) is 14.2 Å². The van der Waals surface area contributed by atoms with E-state index in [9.17, 15) is 9.36 Å². The summed E-state index contributed by atoms with van der Waals surface area (Å²) in [6.07, 6.45) is 2.23. The fourth-order valence-corrected chi connectivity index (χ4v) is 4.83. The molecule has 0 spiro atoms. The molecule has 2 atom stereocenters. The molecule has 0 amide bonds. The molecule has 2 aromatic rings. The topological polar surface area (TPSA) is 61.8 Å². The Bertz CT molecular complexity index is 912. The van der Waals surface area contributed by atoms with Crippen LogP contribution in [-0.2, 0) is 28.6 Å². The molecule has 1 heterocycles. The van der Waals surface area contributed by atoms with Gasteiger partial charge in [-0.2, -0.15) is 0 Å². The van der Waals surface area contributed by atoms with Crippen molar-refractivity contribution in [2.45, 2.75) is 31.6 Å². The predicted molar refractivity (Wildman–Crippen MR) is 108 cm³/mol. The van der Waals surface area contributed by atoms with Crippen LogP contribution in [0, 0.1) is 6.92 Å². The van der Waals surface area contributed by atoms with E-state index in [0.29, 0.717) is 6.42 Å². The molecule has 2 aromatic carbocycles. The second kappa shape index (κ2) is 8.04. The molecular weight excluding hydrogens is 375 g/mol. The number of hydrogen-bond acceptors (Lipinski definition) is 5. The van der Waals surface area contributed by atoms with Gasteiger partial charge in [-0.3, -0.25) is 9.36 Å². The predicted octanol–water partition coefficient (Wildman–Crippen LogP) is 5.31. The Balaban J connectivity index is 2.26. The van der Waals surface area contributed by atoms with Gasteiger partial charge in [0.05, 0.1) is 0 Å². The zero-order valence-corrected chi connectivity index (χ0v) is 17.4. The van der Waals surface area contributed by atoms with Crippen molar-refractivity contribution < 1.29 is 23.1 Å². The van der Waals surface area contributed by atoms with Crippen LogP contribution in [0.2, 0.25) is 0 Å². The highest BCUT2D eigenvalue weighted by atomic mass is 31.2. The number of carbonyl (C=O) groups excluding carboxylic acids is 1. The molecule has 5 nitrogen and oxygen atoms in total. The SMILES string of the molecule is CC[C@@]1(c2ccc(C)cc2)C(=O)OC(P(=O)(OC)OC)=C[C@@H]1c1ccccc1. The standard InChI is InChI=1S/C22H25O5P/c1-5-22(18-13-11-16(2)12-14-18)19(17-9-7-6-8-10-17)15-20(27-21(22)23)28(24,25-3)26-4/h6-15,19H,5H2,1-4H3/t19-,22+/m1/s1. The maximum Gasteiger partial charge on any atom is 0.395 e. The number of carbonyl (C=O) groups is 1. The van der Waals surface area contributed by atoms with Gasteiger partial charge < -0.3 is 13.8 Å². The van der Waals surface area contributed by atoms with Gasteiger partial charge in [-0.1, -0.05) is 67.1 Å². The molecule has 3 rings (SSSR count). The number of esters is 1. The van der Waals surface area contributed by atoms with Crippen molar-refractivity contribution in [1.82, 2.24) is 0 Å². The van der Waals surface area contributed by atoms with Crippen LogP contribution in [0.4, 0.5) is 0 Å². The van der Waals surface area contributed by atoms with Crippen molar-refractivity contribution >= 4 is 13.6 Å². The minimum Gasteiger partial charge on any atom is -0.417 e. The highest BCUT2D eigenvalue weighted by Crippen LogP contribution is 2.60. The molecular formula is C22H25O5P. The van der Waals surface area contributed by atoms with Crippen LogP contribution in [0.5, 0.6) is 0 Å². The lowest BCUT2D eigenvalue weighted by Crippen LogP contribution is -2.44. The van der Waals surface area contributed by atoms with Crippen LogP contribution in [0.1, 0.15) is 36.0 Å². The summed E-state index contributed by atoms with van der Waals surface area (Å²) in [5.41, 5.74) is 1.89. The van der Waals surface area contributed by atoms with Gasteiger partial charge in [-0.05, 0) is 30.5 Å². The lowest BCUT2D eigenvalue weighted by atomic mass is 9.65. The maximum atomic E-state index is 13.4. The van der Waals surface area contributed by atoms with E-state index in [4.69, 9.17) is 13.8 Å². The second-order valence-electron chi connectivity index (χ2n) is 6.84. The summed E-state index contributed by atoms with van der Waals surface area (Å²) < 4.78 is 28.6. The number of hydrogen-bond donors (Lipinski definition) is 0. The fourth-order valence-electron chi connectivity index (χ4n) is 3.79. The van der Waals surface area contributed by atoms with E-state index in [1.807, 2.05) is 68.4 Å². The van der Waals surface area contributed by atoms with Gasteiger partial charge in [-0.25, -0.2) is 0 Å². The highest BCUT2D eigenvalue weighted by molar-refractivity contribution is 7.58. The monoisotopic (exact) mass is 400 g/mol. The second-order valence-corrected chi connectivity index (χ2v) is 9.00. The van der Waals surface area contributed by atoms with Gasteiger partial charge in [0, 0.05) is 20.1 Å². The van der Waals surface area contributed by atoms with Gasteiger partial charge in [0.1, 0.15) is 5.41 Å². The van der Waals surface area contributed by atoms with Crippen molar-refractivity contribution in [3.63, 3.8) is 0 Å². The molecule has 0 bridgehead atoms. The summed E-state index contributed by atoms with van der Waals surface area (Å²) in [6, 6.07) is 17.6. The maximum absolute atomic E-state index is 13.4. The molecule has 0 aromatic heterocycles. The molecule has 1 aliphatic rings. The summed E-state index contributed by atoms with van der Waals surface area (Å²) in [4.78, 5) is 13.4. The molecule has 28 heavy (non-hydrogen) atoms. The number of ether oxygens (including phenoxy) is 1. The van der Waals surface area contributed by atoms with Crippen LogP contribution in [-0.4, -0.2) is 20.2 Å². The molecule has 0 fully saturated rings. The first kappa shape index (κ1) is 20.5. The largest absolute Gasteiger partial charge is 0.417 e. The zero-order chi connectivity index (χ0) is 20.4. The summed E-state index contributed by atoms with van der Waals surface area (Å²) in [5.74, 6) is -0.837. The molecule has 1 aliphatic heterocycles. The van der Waals surface area contributed by atoms with Gasteiger partial charge in [0.25, 0.3) is 0 Å².